The van der Waals surface area contributed by atoms with Gasteiger partial charge in [-0.1, -0.05) is 19.1 Å². The second kappa shape index (κ2) is 9.46. The van der Waals surface area contributed by atoms with Gasteiger partial charge in [0.05, 0.1) is 6.54 Å². The molecule has 1 aliphatic rings. The molecule has 2 amide bonds. The lowest BCUT2D eigenvalue weighted by molar-refractivity contribution is -0.148. The summed E-state index contributed by atoms with van der Waals surface area (Å²) in [5, 5.41) is 11.7. The van der Waals surface area contributed by atoms with E-state index in [1.54, 1.807) is 31.2 Å². The molecule has 32 heavy (non-hydrogen) atoms. The van der Waals surface area contributed by atoms with Gasteiger partial charge in [-0.05, 0) is 29.8 Å². The smallest absolute Gasteiger partial charge is 0.341 e. The zero-order valence-electron chi connectivity index (χ0n) is 17.6. The van der Waals surface area contributed by atoms with Crippen molar-refractivity contribution in [3.05, 3.63) is 52.3 Å². The molecule has 1 saturated heterocycles. The van der Waals surface area contributed by atoms with Crippen molar-refractivity contribution in [1.29, 1.82) is 0 Å². The number of aromatic nitrogens is 1. The van der Waals surface area contributed by atoms with Crippen molar-refractivity contribution < 1.29 is 29.0 Å². The number of carbonyl (C=O) groups is 4. The Kier molecular flexibility index (Phi) is 6.72. The first-order valence-electron chi connectivity index (χ1n) is 10.0. The highest BCUT2D eigenvalue weighted by Gasteiger charge is 2.40. The minimum absolute atomic E-state index is 0.164. The zero-order chi connectivity index (χ0) is 23.4. The number of aromatic carboxylic acids is 1. The van der Waals surface area contributed by atoms with E-state index < -0.39 is 29.6 Å². The lowest BCUT2D eigenvalue weighted by Crippen LogP contribution is -2.42. The first-order valence-corrected chi connectivity index (χ1v) is 10.0. The molecule has 3 N–H and O–H groups in total. The molecule has 2 atom stereocenters. The van der Waals surface area contributed by atoms with E-state index >= 15 is 0 Å². The number of rotatable bonds is 6. The largest absolute Gasteiger partial charge is 0.477 e. The highest BCUT2D eigenvalue weighted by atomic mass is 16.5. The van der Waals surface area contributed by atoms with Crippen LogP contribution in [0.1, 0.15) is 37.0 Å². The molecule has 10 heteroatoms. The Morgan fingerprint density at radius 3 is 2.41 bits per heavy atom. The normalized spacial score (nSPS) is 17.6. The van der Waals surface area contributed by atoms with Crippen LogP contribution in [0.4, 0.5) is 5.69 Å². The van der Waals surface area contributed by atoms with Crippen LogP contribution in [-0.2, 0) is 19.1 Å². The number of carboxylic acids is 1. The number of carboxylic acid groups (broad SMARTS) is 1. The van der Waals surface area contributed by atoms with Crippen LogP contribution in [0.2, 0.25) is 0 Å². The SMILES string of the molecule is CCC(=O)OC1C[C@H](C(=O)Nc2ccc(-c3ccc(C(=O)O)c(=O)[nH]3)cc2)N(C(C)=O)C1. The van der Waals surface area contributed by atoms with Crippen LogP contribution < -0.4 is 10.9 Å². The van der Waals surface area contributed by atoms with Crippen LogP contribution in [0, 0.1) is 0 Å². The summed E-state index contributed by atoms with van der Waals surface area (Å²) in [6.45, 7) is 3.19. The number of ether oxygens (including phenoxy) is 1. The van der Waals surface area contributed by atoms with Crippen molar-refractivity contribution in [3.8, 4) is 11.3 Å². The molecule has 0 saturated carbocycles. The molecule has 2 heterocycles. The molecule has 3 rings (SSSR count). The van der Waals surface area contributed by atoms with E-state index in [1.165, 1.54) is 24.0 Å². The Bertz CT molecular complexity index is 1110. The standard InChI is InChI=1S/C22H23N3O7/c1-3-19(27)32-15-10-18(25(11-15)12(2)26)21(29)23-14-6-4-13(5-7-14)17-9-8-16(22(30)31)20(28)24-17/h4-9,15,18H,3,10-11H2,1-2H3,(H,23,29)(H,24,28)(H,30,31)/t15?,18-/m1/s1. The predicted molar refractivity (Wildman–Crippen MR) is 114 cm³/mol. The fourth-order valence-corrected chi connectivity index (χ4v) is 3.52. The molecule has 1 unspecified atom stereocenters. The third kappa shape index (κ3) is 5.02. The van der Waals surface area contributed by atoms with E-state index in [9.17, 15) is 24.0 Å². The topological polar surface area (TPSA) is 146 Å². The summed E-state index contributed by atoms with van der Waals surface area (Å²) in [7, 11) is 0. The monoisotopic (exact) mass is 441 g/mol. The summed E-state index contributed by atoms with van der Waals surface area (Å²) in [4.78, 5) is 63.0. The van der Waals surface area contributed by atoms with E-state index in [2.05, 4.69) is 10.3 Å². The van der Waals surface area contributed by atoms with Crippen molar-refractivity contribution in [2.75, 3.05) is 11.9 Å². The second-order valence-electron chi connectivity index (χ2n) is 7.37. The Morgan fingerprint density at radius 2 is 1.84 bits per heavy atom. The van der Waals surface area contributed by atoms with Gasteiger partial charge < -0.3 is 25.0 Å². The number of hydrogen-bond acceptors (Lipinski definition) is 6. The van der Waals surface area contributed by atoms with Crippen LogP contribution in [0.5, 0.6) is 0 Å². The molecule has 0 bridgehead atoms. The Hall–Kier alpha value is -3.95. The minimum Gasteiger partial charge on any atom is -0.477 e. The van der Waals surface area contributed by atoms with Crippen molar-refractivity contribution in [2.24, 2.45) is 0 Å². The molecule has 0 spiro atoms. The number of likely N-dealkylation sites (tertiary alicyclic amines) is 1. The van der Waals surface area contributed by atoms with Gasteiger partial charge in [0.25, 0.3) is 5.56 Å². The van der Waals surface area contributed by atoms with Gasteiger partial charge in [0.15, 0.2) is 0 Å². The summed E-state index contributed by atoms with van der Waals surface area (Å²) < 4.78 is 5.29. The maximum absolute atomic E-state index is 12.8. The van der Waals surface area contributed by atoms with Gasteiger partial charge in [0.1, 0.15) is 17.7 Å². The quantitative estimate of drug-likeness (QED) is 0.577. The van der Waals surface area contributed by atoms with E-state index in [-0.39, 0.29) is 36.8 Å². The third-order valence-electron chi connectivity index (χ3n) is 5.16. The fourth-order valence-electron chi connectivity index (χ4n) is 3.52. The summed E-state index contributed by atoms with van der Waals surface area (Å²) in [6, 6.07) is 8.51. The average molecular weight is 441 g/mol. The second-order valence-corrected chi connectivity index (χ2v) is 7.37. The van der Waals surface area contributed by atoms with E-state index in [1.807, 2.05) is 0 Å². The molecule has 0 aliphatic carbocycles. The number of hydrogen-bond donors (Lipinski definition) is 3. The maximum Gasteiger partial charge on any atom is 0.341 e. The number of pyridine rings is 1. The minimum atomic E-state index is -1.31. The predicted octanol–water partition coefficient (Wildman–Crippen LogP) is 1.62. The first kappa shape index (κ1) is 22.7. The molecule has 0 radical (unpaired) electrons. The number of carbonyl (C=O) groups excluding carboxylic acids is 3. The maximum atomic E-state index is 12.8. The molecule has 1 aliphatic heterocycles. The van der Waals surface area contributed by atoms with Gasteiger partial charge in [-0.15, -0.1) is 0 Å². The van der Waals surface area contributed by atoms with E-state index in [0.29, 0.717) is 16.9 Å². The summed E-state index contributed by atoms with van der Waals surface area (Å²) in [5.74, 6) is -2.38. The number of benzene rings is 1. The number of esters is 1. The first-order chi connectivity index (χ1) is 15.2. The van der Waals surface area contributed by atoms with Crippen LogP contribution in [-0.4, -0.2) is 57.4 Å². The molecule has 10 nitrogen and oxygen atoms in total. The van der Waals surface area contributed by atoms with Gasteiger partial charge in [0, 0.05) is 31.1 Å². The molecular formula is C22H23N3O7. The van der Waals surface area contributed by atoms with Crippen molar-refractivity contribution in [3.63, 3.8) is 0 Å². The molecule has 1 aromatic carbocycles. The Labute approximate surface area is 183 Å². The van der Waals surface area contributed by atoms with E-state index in [4.69, 9.17) is 9.84 Å². The van der Waals surface area contributed by atoms with Crippen LogP contribution >= 0.6 is 0 Å². The number of nitrogens with one attached hydrogen (secondary N) is 2. The van der Waals surface area contributed by atoms with Gasteiger partial charge >= 0.3 is 11.9 Å². The highest BCUT2D eigenvalue weighted by molar-refractivity contribution is 5.97. The fraction of sp³-hybridized carbons (Fsp3) is 0.318. The average Bonchev–Trinajstić information content (AvgIpc) is 3.18. The van der Waals surface area contributed by atoms with Crippen molar-refractivity contribution >= 4 is 29.4 Å². The number of H-pyrrole nitrogens is 1. The van der Waals surface area contributed by atoms with Crippen LogP contribution in [0.15, 0.2) is 41.2 Å². The molecule has 2 aromatic rings. The lowest BCUT2D eigenvalue weighted by atomic mass is 10.1. The molecule has 1 fully saturated rings. The zero-order valence-corrected chi connectivity index (χ0v) is 17.6. The van der Waals surface area contributed by atoms with Crippen LogP contribution in [0.3, 0.4) is 0 Å². The number of aromatic amines is 1. The Balaban J connectivity index is 1.70. The van der Waals surface area contributed by atoms with Gasteiger partial charge in [0.2, 0.25) is 11.8 Å². The number of anilines is 1. The van der Waals surface area contributed by atoms with Gasteiger partial charge in [-0.3, -0.25) is 19.2 Å². The lowest BCUT2D eigenvalue weighted by Gasteiger charge is -2.22. The third-order valence-corrected chi connectivity index (χ3v) is 5.16. The summed E-state index contributed by atoms with van der Waals surface area (Å²) in [5.41, 5.74) is 0.455. The van der Waals surface area contributed by atoms with Crippen molar-refractivity contribution in [2.45, 2.75) is 38.8 Å². The van der Waals surface area contributed by atoms with E-state index in [0.717, 1.165) is 0 Å². The summed E-state index contributed by atoms with van der Waals surface area (Å²) in [6.07, 6.45) is -0.105. The van der Waals surface area contributed by atoms with Crippen LogP contribution in [0.25, 0.3) is 11.3 Å². The number of nitrogens with zero attached hydrogens (tertiary/aromatic N) is 1. The highest BCUT2D eigenvalue weighted by Crippen LogP contribution is 2.24. The molecule has 1 aromatic heterocycles. The van der Waals surface area contributed by atoms with Gasteiger partial charge in [-0.25, -0.2) is 4.79 Å². The molecule has 168 valence electrons. The van der Waals surface area contributed by atoms with Crippen molar-refractivity contribution in [1.82, 2.24) is 9.88 Å². The van der Waals surface area contributed by atoms with Gasteiger partial charge in [-0.2, -0.15) is 0 Å². The summed E-state index contributed by atoms with van der Waals surface area (Å²) >= 11 is 0. The number of amides is 2. The Morgan fingerprint density at radius 1 is 1.16 bits per heavy atom. The molecular weight excluding hydrogens is 418 g/mol.